The summed E-state index contributed by atoms with van der Waals surface area (Å²) in [5.74, 6) is -0.0961. The van der Waals surface area contributed by atoms with Crippen molar-refractivity contribution in [2.24, 2.45) is 5.92 Å². The maximum absolute atomic E-state index is 14.2. The van der Waals surface area contributed by atoms with Crippen molar-refractivity contribution >= 4 is 28.4 Å². The van der Waals surface area contributed by atoms with Crippen LogP contribution in [0.4, 0.5) is 5.69 Å². The van der Waals surface area contributed by atoms with E-state index in [9.17, 15) is 9.59 Å². The molecule has 4 aromatic carbocycles. The summed E-state index contributed by atoms with van der Waals surface area (Å²) in [6.07, 6.45) is 0.540. The van der Waals surface area contributed by atoms with E-state index in [2.05, 4.69) is 48.4 Å². The molecule has 5 heteroatoms. The molecular weight excluding hydrogens is 482 g/mol. The molecule has 39 heavy (non-hydrogen) atoms. The summed E-state index contributed by atoms with van der Waals surface area (Å²) in [4.78, 5) is 33.6. The average Bonchev–Trinajstić information content (AvgIpc) is 3.48. The van der Waals surface area contributed by atoms with Crippen molar-refractivity contribution in [2.45, 2.75) is 32.4 Å². The van der Waals surface area contributed by atoms with E-state index in [0.29, 0.717) is 17.7 Å². The molecular formula is C34H31N3O2. The Hall–Kier alpha value is -4.64. The van der Waals surface area contributed by atoms with Crippen molar-refractivity contribution in [3.8, 4) is 11.3 Å². The first-order chi connectivity index (χ1) is 19.0. The van der Waals surface area contributed by atoms with Crippen LogP contribution in [0.15, 0.2) is 109 Å². The summed E-state index contributed by atoms with van der Waals surface area (Å²) in [5, 5.41) is 4.12. The van der Waals surface area contributed by atoms with Crippen molar-refractivity contribution in [1.29, 1.82) is 0 Å². The number of carbonyl (C=O) groups is 2. The SMILES string of the molecule is CC(C)CC(C(=O)Nc1ccccc1)N1C(=O)c2ccccc2C1c1c(-c2ccccc2)[nH]c2ccccc12. The Morgan fingerprint density at radius 3 is 2.23 bits per heavy atom. The number of hydrogen-bond donors (Lipinski definition) is 2. The Kier molecular flexibility index (Phi) is 6.49. The van der Waals surface area contributed by atoms with Gasteiger partial charge in [0.2, 0.25) is 5.91 Å². The van der Waals surface area contributed by atoms with E-state index in [-0.39, 0.29) is 17.7 Å². The first-order valence-corrected chi connectivity index (χ1v) is 13.5. The highest BCUT2D eigenvalue weighted by Crippen LogP contribution is 2.47. The highest BCUT2D eigenvalue weighted by Gasteiger charge is 2.45. The molecule has 5 aromatic rings. The number of rotatable bonds is 7. The van der Waals surface area contributed by atoms with Gasteiger partial charge in [-0.3, -0.25) is 9.59 Å². The summed E-state index contributed by atoms with van der Waals surface area (Å²) < 4.78 is 0. The molecule has 0 saturated carbocycles. The molecule has 0 fully saturated rings. The standard InChI is InChI=1S/C34H31N3O2/c1-22(2)21-29(33(38)35-24-15-7-4-8-16-24)37-32(25-17-9-10-18-26(25)34(37)39)30-27-19-11-12-20-28(27)36-31(30)23-13-5-3-6-14-23/h3-20,22,29,32,36H,21H2,1-2H3,(H,35,38). The van der Waals surface area contributed by atoms with Gasteiger partial charge in [-0.05, 0) is 47.7 Å². The lowest BCUT2D eigenvalue weighted by molar-refractivity contribution is -0.121. The molecule has 2 unspecified atom stereocenters. The zero-order valence-electron chi connectivity index (χ0n) is 22.1. The second kappa shape index (κ2) is 10.3. The van der Waals surface area contributed by atoms with Gasteiger partial charge in [-0.1, -0.05) is 98.8 Å². The number of carbonyl (C=O) groups excluding carboxylic acids is 2. The third kappa shape index (κ3) is 4.50. The van der Waals surface area contributed by atoms with E-state index in [4.69, 9.17) is 0 Å². The van der Waals surface area contributed by atoms with Crippen molar-refractivity contribution in [1.82, 2.24) is 9.88 Å². The zero-order chi connectivity index (χ0) is 26.9. The van der Waals surface area contributed by atoms with Gasteiger partial charge in [-0.15, -0.1) is 0 Å². The van der Waals surface area contributed by atoms with Crippen LogP contribution in [0.3, 0.4) is 0 Å². The van der Waals surface area contributed by atoms with Crippen LogP contribution < -0.4 is 5.32 Å². The summed E-state index contributed by atoms with van der Waals surface area (Å²) in [6, 6.07) is 34.5. The van der Waals surface area contributed by atoms with Crippen LogP contribution in [-0.2, 0) is 4.79 Å². The Labute approximate surface area is 228 Å². The molecule has 1 aromatic heterocycles. The summed E-state index contributed by atoms with van der Waals surface area (Å²) in [7, 11) is 0. The number of anilines is 1. The minimum absolute atomic E-state index is 0.117. The number of aromatic nitrogens is 1. The highest BCUT2D eigenvalue weighted by atomic mass is 16.2. The monoisotopic (exact) mass is 513 g/mol. The molecule has 194 valence electrons. The van der Waals surface area contributed by atoms with Gasteiger partial charge < -0.3 is 15.2 Å². The van der Waals surface area contributed by atoms with Crippen LogP contribution in [0.1, 0.15) is 47.8 Å². The Balaban J connectivity index is 1.56. The first kappa shape index (κ1) is 24.7. The number of nitrogens with one attached hydrogen (secondary N) is 2. The molecule has 2 amide bonds. The van der Waals surface area contributed by atoms with Gasteiger partial charge in [0.1, 0.15) is 6.04 Å². The van der Waals surface area contributed by atoms with E-state index in [0.717, 1.165) is 33.3 Å². The van der Waals surface area contributed by atoms with Crippen LogP contribution in [-0.4, -0.2) is 27.7 Å². The predicted molar refractivity (Wildman–Crippen MR) is 157 cm³/mol. The predicted octanol–water partition coefficient (Wildman–Crippen LogP) is 7.43. The quantitative estimate of drug-likeness (QED) is 0.238. The summed E-state index contributed by atoms with van der Waals surface area (Å²) >= 11 is 0. The maximum Gasteiger partial charge on any atom is 0.255 e. The number of aromatic amines is 1. The van der Waals surface area contributed by atoms with Crippen LogP contribution in [0.5, 0.6) is 0 Å². The van der Waals surface area contributed by atoms with E-state index in [1.807, 2.05) is 89.8 Å². The van der Waals surface area contributed by atoms with Crippen LogP contribution in [0.2, 0.25) is 0 Å². The Morgan fingerprint density at radius 2 is 1.49 bits per heavy atom. The molecule has 0 spiro atoms. The average molecular weight is 514 g/mol. The van der Waals surface area contributed by atoms with Crippen molar-refractivity contribution in [3.05, 3.63) is 126 Å². The normalized spacial score (nSPS) is 15.5. The van der Waals surface area contributed by atoms with Gasteiger partial charge in [-0.25, -0.2) is 0 Å². The van der Waals surface area contributed by atoms with Gasteiger partial charge in [0.25, 0.3) is 5.91 Å². The number of benzene rings is 4. The summed E-state index contributed by atoms with van der Waals surface area (Å²) in [6.45, 7) is 4.18. The van der Waals surface area contributed by atoms with E-state index >= 15 is 0 Å². The fourth-order valence-corrected chi connectivity index (χ4v) is 5.77. The molecule has 5 nitrogen and oxygen atoms in total. The number of fused-ring (bicyclic) bond motifs is 2. The third-order valence-electron chi connectivity index (χ3n) is 7.46. The van der Waals surface area contributed by atoms with Gasteiger partial charge in [0.05, 0.1) is 11.7 Å². The van der Waals surface area contributed by atoms with Crippen molar-refractivity contribution < 1.29 is 9.59 Å². The maximum atomic E-state index is 14.2. The zero-order valence-corrected chi connectivity index (χ0v) is 22.1. The van der Waals surface area contributed by atoms with E-state index in [1.165, 1.54) is 0 Å². The molecule has 0 saturated heterocycles. The molecule has 0 bridgehead atoms. The second-order valence-electron chi connectivity index (χ2n) is 10.5. The second-order valence-corrected chi connectivity index (χ2v) is 10.5. The number of amides is 2. The molecule has 6 rings (SSSR count). The molecule has 1 aliphatic heterocycles. The number of nitrogens with zero attached hydrogens (tertiary/aromatic N) is 1. The fourth-order valence-electron chi connectivity index (χ4n) is 5.77. The van der Waals surface area contributed by atoms with Crippen LogP contribution in [0, 0.1) is 5.92 Å². The van der Waals surface area contributed by atoms with Crippen molar-refractivity contribution in [3.63, 3.8) is 0 Å². The largest absolute Gasteiger partial charge is 0.354 e. The van der Waals surface area contributed by atoms with Gasteiger partial charge >= 0.3 is 0 Å². The molecule has 2 atom stereocenters. The third-order valence-corrected chi connectivity index (χ3v) is 7.46. The lowest BCUT2D eigenvalue weighted by Gasteiger charge is -2.34. The summed E-state index contributed by atoms with van der Waals surface area (Å²) in [5.41, 5.74) is 6.29. The lowest BCUT2D eigenvalue weighted by Crippen LogP contribution is -2.47. The van der Waals surface area contributed by atoms with E-state index < -0.39 is 12.1 Å². The van der Waals surface area contributed by atoms with Gasteiger partial charge in [0.15, 0.2) is 0 Å². The molecule has 1 aliphatic rings. The Morgan fingerprint density at radius 1 is 0.846 bits per heavy atom. The molecule has 2 N–H and O–H groups in total. The van der Waals surface area contributed by atoms with E-state index in [1.54, 1.807) is 0 Å². The number of H-pyrrole nitrogens is 1. The fraction of sp³-hybridized carbons (Fsp3) is 0.176. The van der Waals surface area contributed by atoms with Gasteiger partial charge in [0, 0.05) is 27.7 Å². The Bertz CT molecular complexity index is 1640. The number of hydrogen-bond acceptors (Lipinski definition) is 2. The molecule has 0 radical (unpaired) electrons. The topological polar surface area (TPSA) is 65.2 Å². The molecule has 2 heterocycles. The van der Waals surface area contributed by atoms with Crippen molar-refractivity contribution in [2.75, 3.05) is 5.32 Å². The van der Waals surface area contributed by atoms with Crippen LogP contribution >= 0.6 is 0 Å². The van der Waals surface area contributed by atoms with Gasteiger partial charge in [-0.2, -0.15) is 0 Å². The van der Waals surface area contributed by atoms with Crippen LogP contribution in [0.25, 0.3) is 22.2 Å². The lowest BCUT2D eigenvalue weighted by atomic mass is 9.91. The smallest absolute Gasteiger partial charge is 0.255 e. The highest BCUT2D eigenvalue weighted by molar-refractivity contribution is 6.06. The number of para-hydroxylation sites is 2. The first-order valence-electron chi connectivity index (χ1n) is 13.5. The minimum Gasteiger partial charge on any atom is -0.354 e. The minimum atomic E-state index is -0.660. The molecule has 0 aliphatic carbocycles.